The fourth-order valence-electron chi connectivity index (χ4n) is 7.12. The molecule has 0 heterocycles. The maximum atomic E-state index is 2.41. The van der Waals surface area contributed by atoms with Crippen molar-refractivity contribution in [3.8, 4) is 0 Å². The molecule has 0 amide bonds. The highest BCUT2D eigenvalue weighted by atomic mass is 14.4. The lowest BCUT2D eigenvalue weighted by atomic mass is 9.69. The van der Waals surface area contributed by atoms with Crippen LogP contribution in [0.15, 0.2) is 0 Å². The highest BCUT2D eigenvalue weighted by molar-refractivity contribution is 4.81. The molecular weight excluding hydrogens is 324 g/mol. The monoisotopic (exact) mass is 374 g/mol. The molecule has 0 aromatic carbocycles. The van der Waals surface area contributed by atoms with E-state index in [4.69, 9.17) is 0 Å². The number of hydrogen-bond donors (Lipinski definition) is 0. The van der Waals surface area contributed by atoms with Crippen LogP contribution in [0.4, 0.5) is 0 Å². The minimum Gasteiger partial charge on any atom is -0.0654 e. The van der Waals surface area contributed by atoms with Crippen LogP contribution in [0.1, 0.15) is 136 Å². The van der Waals surface area contributed by atoms with Crippen LogP contribution in [-0.2, 0) is 0 Å². The topological polar surface area (TPSA) is 0 Å². The van der Waals surface area contributed by atoms with Crippen LogP contribution >= 0.6 is 0 Å². The third-order valence-electron chi connectivity index (χ3n) is 9.11. The largest absolute Gasteiger partial charge is 0.0654 e. The van der Waals surface area contributed by atoms with Crippen LogP contribution in [-0.4, -0.2) is 0 Å². The van der Waals surface area contributed by atoms with Crippen molar-refractivity contribution in [3.05, 3.63) is 0 Å². The molecule has 0 aromatic rings. The van der Waals surface area contributed by atoms with Gasteiger partial charge >= 0.3 is 0 Å². The molecule has 0 heteroatoms. The van der Waals surface area contributed by atoms with E-state index >= 15 is 0 Å². The molecule has 0 radical (unpaired) electrons. The Morgan fingerprint density at radius 2 is 1.15 bits per heavy atom. The molecule has 0 nitrogen and oxygen atoms in total. The van der Waals surface area contributed by atoms with E-state index in [9.17, 15) is 0 Å². The zero-order valence-electron chi connectivity index (χ0n) is 18.9. The van der Waals surface area contributed by atoms with Crippen molar-refractivity contribution >= 4 is 0 Å². The van der Waals surface area contributed by atoms with Crippen LogP contribution in [0.3, 0.4) is 0 Å². The lowest BCUT2D eigenvalue weighted by molar-refractivity contribution is 0.150. The Balaban J connectivity index is 1.45. The molecule has 0 saturated heterocycles. The van der Waals surface area contributed by atoms with Crippen LogP contribution < -0.4 is 0 Å². The molecule has 0 aromatic heterocycles. The first-order chi connectivity index (χ1) is 13.3. The zero-order chi connectivity index (χ0) is 18.9. The molecule has 3 aliphatic carbocycles. The zero-order valence-corrected chi connectivity index (χ0v) is 18.9. The van der Waals surface area contributed by atoms with Crippen molar-refractivity contribution in [2.24, 2.45) is 35.5 Å². The van der Waals surface area contributed by atoms with Crippen LogP contribution in [0.5, 0.6) is 0 Å². The van der Waals surface area contributed by atoms with Gasteiger partial charge in [0.05, 0.1) is 0 Å². The van der Waals surface area contributed by atoms with Crippen molar-refractivity contribution in [3.63, 3.8) is 0 Å². The summed E-state index contributed by atoms with van der Waals surface area (Å²) in [4.78, 5) is 0. The third kappa shape index (κ3) is 7.08. The molecule has 3 aliphatic rings. The molecule has 3 fully saturated rings. The van der Waals surface area contributed by atoms with Crippen molar-refractivity contribution in [1.29, 1.82) is 0 Å². The normalized spacial score (nSPS) is 34.4. The van der Waals surface area contributed by atoms with E-state index in [1.165, 1.54) is 38.5 Å². The van der Waals surface area contributed by atoms with Gasteiger partial charge in [-0.1, -0.05) is 123 Å². The average Bonchev–Trinajstić information content (AvgIpc) is 2.73. The van der Waals surface area contributed by atoms with Crippen molar-refractivity contribution < 1.29 is 0 Å². The fourth-order valence-corrected chi connectivity index (χ4v) is 7.12. The van der Waals surface area contributed by atoms with Gasteiger partial charge in [-0.2, -0.15) is 0 Å². The standard InChI is InChI=1S/C27H50/c1-3-8-23-13-15-24(16-14-23)19-20-27(26-9-6-5-7-10-26)21-25-17-11-22(4-2)12-18-25/h22-27H,3-21H2,1-2H3. The Morgan fingerprint density at radius 1 is 0.593 bits per heavy atom. The minimum atomic E-state index is 1.06. The first-order valence-electron chi connectivity index (χ1n) is 13.3. The Morgan fingerprint density at radius 3 is 1.74 bits per heavy atom. The summed E-state index contributed by atoms with van der Waals surface area (Å²) < 4.78 is 0. The second kappa shape index (κ2) is 11.9. The molecule has 0 aliphatic heterocycles. The summed E-state index contributed by atoms with van der Waals surface area (Å²) in [5.41, 5.74) is 0. The van der Waals surface area contributed by atoms with E-state index < -0.39 is 0 Å². The van der Waals surface area contributed by atoms with E-state index in [-0.39, 0.29) is 0 Å². The van der Waals surface area contributed by atoms with Crippen molar-refractivity contribution in [2.45, 2.75) is 136 Å². The van der Waals surface area contributed by atoms with Gasteiger partial charge in [0.15, 0.2) is 0 Å². The molecule has 0 N–H and O–H groups in total. The molecule has 3 rings (SSSR count). The van der Waals surface area contributed by atoms with E-state index in [1.54, 1.807) is 83.5 Å². The van der Waals surface area contributed by atoms with E-state index in [1.807, 2.05) is 0 Å². The van der Waals surface area contributed by atoms with Gasteiger partial charge in [-0.15, -0.1) is 0 Å². The van der Waals surface area contributed by atoms with Crippen LogP contribution in [0, 0.1) is 35.5 Å². The second-order valence-electron chi connectivity index (χ2n) is 10.9. The van der Waals surface area contributed by atoms with Gasteiger partial charge in [0.1, 0.15) is 0 Å². The molecule has 1 atom stereocenters. The van der Waals surface area contributed by atoms with E-state index in [0.717, 1.165) is 35.5 Å². The van der Waals surface area contributed by atoms with Gasteiger partial charge in [0.25, 0.3) is 0 Å². The number of hydrogen-bond acceptors (Lipinski definition) is 0. The van der Waals surface area contributed by atoms with Gasteiger partial charge < -0.3 is 0 Å². The predicted molar refractivity (Wildman–Crippen MR) is 120 cm³/mol. The van der Waals surface area contributed by atoms with Gasteiger partial charge in [-0.3, -0.25) is 0 Å². The van der Waals surface area contributed by atoms with Gasteiger partial charge in [-0.25, -0.2) is 0 Å². The number of rotatable bonds is 9. The molecule has 27 heavy (non-hydrogen) atoms. The van der Waals surface area contributed by atoms with Crippen molar-refractivity contribution in [1.82, 2.24) is 0 Å². The molecule has 0 spiro atoms. The molecule has 3 saturated carbocycles. The first kappa shape index (κ1) is 21.7. The summed E-state index contributed by atoms with van der Waals surface area (Å²) in [5.74, 6) is 6.49. The quantitative estimate of drug-likeness (QED) is 0.377. The molecule has 0 bridgehead atoms. The molecule has 1 unspecified atom stereocenters. The molecule has 158 valence electrons. The highest BCUT2D eigenvalue weighted by Gasteiger charge is 2.29. The summed E-state index contributed by atoms with van der Waals surface area (Å²) in [7, 11) is 0. The average molecular weight is 375 g/mol. The lowest BCUT2D eigenvalue weighted by Crippen LogP contribution is -2.24. The smallest absolute Gasteiger partial charge is 0.0383 e. The van der Waals surface area contributed by atoms with Crippen LogP contribution in [0.25, 0.3) is 0 Å². The molecular formula is C27H50. The second-order valence-corrected chi connectivity index (χ2v) is 10.9. The maximum absolute atomic E-state index is 2.41. The Labute approximate surface area is 171 Å². The minimum absolute atomic E-state index is 1.06. The lowest BCUT2D eigenvalue weighted by Gasteiger charge is -2.37. The van der Waals surface area contributed by atoms with Gasteiger partial charge in [0.2, 0.25) is 0 Å². The Bertz CT molecular complexity index is 363. The van der Waals surface area contributed by atoms with Crippen LogP contribution in [0.2, 0.25) is 0 Å². The predicted octanol–water partition coefficient (Wildman–Crippen LogP) is 9.18. The van der Waals surface area contributed by atoms with Gasteiger partial charge in [-0.05, 0) is 48.3 Å². The Hall–Kier alpha value is 0. The fraction of sp³-hybridized carbons (Fsp3) is 1.00. The van der Waals surface area contributed by atoms with E-state index in [2.05, 4.69) is 13.8 Å². The Kier molecular flexibility index (Phi) is 9.54. The first-order valence-corrected chi connectivity index (χ1v) is 13.3. The summed E-state index contributed by atoms with van der Waals surface area (Å²) >= 11 is 0. The summed E-state index contributed by atoms with van der Waals surface area (Å²) in [5, 5.41) is 0. The van der Waals surface area contributed by atoms with Gasteiger partial charge in [0, 0.05) is 0 Å². The van der Waals surface area contributed by atoms with E-state index in [0.29, 0.717) is 0 Å². The van der Waals surface area contributed by atoms with Crippen molar-refractivity contribution in [2.75, 3.05) is 0 Å². The highest BCUT2D eigenvalue weighted by Crippen LogP contribution is 2.42. The SMILES string of the molecule is CCCC1CCC(CCC(CC2CCC(CC)CC2)C2CCCCC2)CC1. The third-order valence-corrected chi connectivity index (χ3v) is 9.11. The summed E-state index contributed by atoms with van der Waals surface area (Å²) in [6, 6.07) is 0. The maximum Gasteiger partial charge on any atom is -0.0383 e. The summed E-state index contributed by atoms with van der Waals surface area (Å²) in [6.07, 6.45) is 29.2. The summed E-state index contributed by atoms with van der Waals surface area (Å²) in [6.45, 7) is 4.78.